The number of hydrogen-bond acceptors (Lipinski definition) is 5. The number of rotatable bonds is 4. The fraction of sp³-hybridized carbons (Fsp3) is 0.300. The van der Waals surface area contributed by atoms with Crippen molar-refractivity contribution in [2.75, 3.05) is 0 Å². The number of nitrogens with one attached hydrogen (secondary N) is 1. The molecule has 0 amide bonds. The Labute approximate surface area is 102 Å². The van der Waals surface area contributed by atoms with Crippen molar-refractivity contribution in [2.24, 2.45) is 5.84 Å². The van der Waals surface area contributed by atoms with E-state index >= 15 is 0 Å². The lowest BCUT2D eigenvalue weighted by Crippen LogP contribution is -2.29. The molecule has 86 valence electrons. The molecular weight excluding hydrogens is 246 g/mol. The molecule has 6 heteroatoms. The summed E-state index contributed by atoms with van der Waals surface area (Å²) in [6.45, 7) is 1.97. The van der Waals surface area contributed by atoms with Crippen LogP contribution in [0.4, 0.5) is 0 Å². The van der Waals surface area contributed by atoms with E-state index in [-0.39, 0.29) is 6.04 Å². The van der Waals surface area contributed by atoms with Gasteiger partial charge in [-0.25, -0.2) is 10.4 Å². The Hall–Kier alpha value is -0.880. The van der Waals surface area contributed by atoms with Gasteiger partial charge in [0.15, 0.2) is 5.22 Å². The molecule has 0 saturated carbocycles. The highest BCUT2D eigenvalue weighted by molar-refractivity contribution is 7.09. The van der Waals surface area contributed by atoms with E-state index in [4.69, 9.17) is 21.9 Å². The summed E-state index contributed by atoms with van der Waals surface area (Å²) >= 11 is 7.33. The van der Waals surface area contributed by atoms with Crippen LogP contribution in [0.25, 0.3) is 0 Å². The van der Waals surface area contributed by atoms with Crippen molar-refractivity contribution in [2.45, 2.75) is 19.4 Å². The van der Waals surface area contributed by atoms with Crippen LogP contribution in [-0.4, -0.2) is 4.98 Å². The number of aromatic nitrogens is 1. The van der Waals surface area contributed by atoms with Crippen LogP contribution in [-0.2, 0) is 6.42 Å². The lowest BCUT2D eigenvalue weighted by molar-refractivity contribution is 0.416. The van der Waals surface area contributed by atoms with Gasteiger partial charge in [0.25, 0.3) is 0 Å². The Bertz CT molecular complexity index is 468. The fourth-order valence-electron chi connectivity index (χ4n) is 1.43. The minimum Gasteiger partial charge on any atom is -0.448 e. The molecule has 0 aliphatic heterocycles. The Morgan fingerprint density at radius 3 is 2.94 bits per heavy atom. The molecule has 0 aromatic carbocycles. The molecule has 0 aliphatic rings. The van der Waals surface area contributed by atoms with Crippen molar-refractivity contribution in [1.29, 1.82) is 0 Å². The topological polar surface area (TPSA) is 64.1 Å². The second-order valence-corrected chi connectivity index (χ2v) is 4.76. The Kier molecular flexibility index (Phi) is 3.60. The second kappa shape index (κ2) is 4.97. The average Bonchev–Trinajstić information content (AvgIpc) is 2.84. The normalized spacial score (nSPS) is 12.9. The third-order valence-electron chi connectivity index (χ3n) is 2.18. The molecule has 0 aliphatic carbocycles. The highest BCUT2D eigenvalue weighted by Crippen LogP contribution is 2.23. The lowest BCUT2D eigenvalue weighted by Gasteiger charge is -2.10. The van der Waals surface area contributed by atoms with Crippen LogP contribution >= 0.6 is 22.9 Å². The number of nitrogens with zero attached hydrogens (tertiary/aromatic N) is 1. The molecule has 1 unspecified atom stereocenters. The molecule has 4 nitrogen and oxygen atoms in total. The molecule has 1 atom stereocenters. The van der Waals surface area contributed by atoms with Crippen molar-refractivity contribution >= 4 is 22.9 Å². The second-order valence-electron chi connectivity index (χ2n) is 3.45. The summed E-state index contributed by atoms with van der Waals surface area (Å²) in [4.78, 5) is 4.38. The maximum Gasteiger partial charge on any atom is 0.193 e. The van der Waals surface area contributed by atoms with Crippen molar-refractivity contribution in [3.05, 3.63) is 39.2 Å². The van der Waals surface area contributed by atoms with Crippen LogP contribution in [0.1, 0.15) is 22.5 Å². The molecule has 16 heavy (non-hydrogen) atoms. The van der Waals surface area contributed by atoms with Crippen molar-refractivity contribution in [3.8, 4) is 0 Å². The summed E-state index contributed by atoms with van der Waals surface area (Å²) in [5.41, 5.74) is 3.73. The molecule has 0 saturated heterocycles. The van der Waals surface area contributed by atoms with E-state index < -0.39 is 0 Å². The van der Waals surface area contributed by atoms with Gasteiger partial charge in [-0.2, -0.15) is 0 Å². The first-order valence-electron chi connectivity index (χ1n) is 4.81. The van der Waals surface area contributed by atoms with E-state index in [1.807, 2.05) is 18.4 Å². The van der Waals surface area contributed by atoms with E-state index in [1.54, 1.807) is 17.4 Å². The van der Waals surface area contributed by atoms with E-state index in [1.165, 1.54) is 0 Å². The van der Waals surface area contributed by atoms with Crippen molar-refractivity contribution in [3.63, 3.8) is 0 Å². The average molecular weight is 258 g/mol. The number of hydrazine groups is 1. The number of furan rings is 1. The number of thiazole rings is 1. The predicted octanol–water partition coefficient (Wildman–Crippen LogP) is 2.45. The first-order valence-corrected chi connectivity index (χ1v) is 6.07. The lowest BCUT2D eigenvalue weighted by atomic mass is 10.2. The molecular formula is C10H12ClN3OS. The summed E-state index contributed by atoms with van der Waals surface area (Å²) < 4.78 is 5.32. The van der Waals surface area contributed by atoms with Gasteiger partial charge in [0.2, 0.25) is 0 Å². The SMILES string of the molecule is Cc1csc(CC(NN)c2ccc(Cl)o2)n1. The minimum absolute atomic E-state index is 0.0990. The first-order chi connectivity index (χ1) is 7.69. The first kappa shape index (κ1) is 11.6. The van der Waals surface area contributed by atoms with Gasteiger partial charge in [-0.05, 0) is 30.7 Å². The molecule has 0 fully saturated rings. The zero-order chi connectivity index (χ0) is 11.5. The summed E-state index contributed by atoms with van der Waals surface area (Å²) in [6, 6.07) is 3.42. The highest BCUT2D eigenvalue weighted by atomic mass is 35.5. The monoisotopic (exact) mass is 257 g/mol. The van der Waals surface area contributed by atoms with Gasteiger partial charge < -0.3 is 4.42 Å². The minimum atomic E-state index is -0.0990. The summed E-state index contributed by atoms with van der Waals surface area (Å²) in [6.07, 6.45) is 0.693. The summed E-state index contributed by atoms with van der Waals surface area (Å²) in [5.74, 6) is 6.22. The van der Waals surface area contributed by atoms with Gasteiger partial charge in [0, 0.05) is 17.5 Å². The van der Waals surface area contributed by atoms with Gasteiger partial charge in [-0.15, -0.1) is 11.3 Å². The fourth-order valence-corrected chi connectivity index (χ4v) is 2.40. The summed E-state index contributed by atoms with van der Waals surface area (Å²) in [5, 5.41) is 3.40. The number of hydrogen-bond donors (Lipinski definition) is 2. The van der Waals surface area contributed by atoms with Crippen LogP contribution in [0.15, 0.2) is 21.9 Å². The maximum absolute atomic E-state index is 5.72. The smallest absolute Gasteiger partial charge is 0.193 e. The Morgan fingerprint density at radius 2 is 2.44 bits per heavy atom. The van der Waals surface area contributed by atoms with Gasteiger partial charge >= 0.3 is 0 Å². The molecule has 0 bridgehead atoms. The Balaban J connectivity index is 2.12. The van der Waals surface area contributed by atoms with Crippen LogP contribution in [0.2, 0.25) is 5.22 Å². The van der Waals surface area contributed by atoms with E-state index in [2.05, 4.69) is 10.4 Å². The van der Waals surface area contributed by atoms with Gasteiger partial charge in [0.1, 0.15) is 5.76 Å². The molecule has 0 spiro atoms. The quantitative estimate of drug-likeness (QED) is 0.652. The van der Waals surface area contributed by atoms with Crippen LogP contribution in [0.3, 0.4) is 0 Å². The third-order valence-corrected chi connectivity index (χ3v) is 3.38. The molecule has 2 aromatic rings. The van der Waals surface area contributed by atoms with Crippen LogP contribution < -0.4 is 11.3 Å². The van der Waals surface area contributed by atoms with Crippen LogP contribution in [0, 0.1) is 6.92 Å². The molecule has 3 N–H and O–H groups in total. The Morgan fingerprint density at radius 1 is 1.62 bits per heavy atom. The summed E-state index contributed by atoms with van der Waals surface area (Å²) in [7, 11) is 0. The number of nitrogens with two attached hydrogens (primary N) is 1. The highest BCUT2D eigenvalue weighted by Gasteiger charge is 2.16. The maximum atomic E-state index is 5.72. The van der Waals surface area contributed by atoms with Gasteiger partial charge in [-0.1, -0.05) is 0 Å². The third kappa shape index (κ3) is 2.62. The number of aryl methyl sites for hydroxylation is 1. The molecule has 0 radical (unpaired) electrons. The zero-order valence-electron chi connectivity index (χ0n) is 8.74. The van der Waals surface area contributed by atoms with Crippen molar-refractivity contribution < 1.29 is 4.42 Å². The van der Waals surface area contributed by atoms with E-state index in [0.29, 0.717) is 11.6 Å². The predicted molar refractivity (Wildman–Crippen MR) is 64.3 cm³/mol. The van der Waals surface area contributed by atoms with Gasteiger partial charge in [0.05, 0.1) is 11.0 Å². The molecule has 2 rings (SSSR count). The van der Waals surface area contributed by atoms with Crippen LogP contribution in [0.5, 0.6) is 0 Å². The van der Waals surface area contributed by atoms with Gasteiger partial charge in [-0.3, -0.25) is 5.84 Å². The number of halogens is 1. The molecule has 2 heterocycles. The molecule has 2 aromatic heterocycles. The largest absolute Gasteiger partial charge is 0.448 e. The van der Waals surface area contributed by atoms with E-state index in [0.717, 1.165) is 16.5 Å². The zero-order valence-corrected chi connectivity index (χ0v) is 10.3. The van der Waals surface area contributed by atoms with E-state index in [9.17, 15) is 0 Å². The van der Waals surface area contributed by atoms with Crippen molar-refractivity contribution in [1.82, 2.24) is 10.4 Å². The standard InChI is InChI=1S/C10H12ClN3OS/c1-6-5-16-10(13-6)4-7(14-12)8-2-3-9(11)15-8/h2-3,5,7,14H,4,12H2,1H3.